The number of hydrogen-bond donors (Lipinski definition) is 2. The van der Waals surface area contributed by atoms with Crippen LogP contribution in [0.15, 0.2) is 16.9 Å². The quantitative estimate of drug-likeness (QED) is 0.760. The van der Waals surface area contributed by atoms with Crippen LogP contribution in [-0.4, -0.2) is 30.2 Å². The zero-order chi connectivity index (χ0) is 13.5. The van der Waals surface area contributed by atoms with Crippen LogP contribution in [0.3, 0.4) is 0 Å². The van der Waals surface area contributed by atoms with Gasteiger partial charge in [0, 0.05) is 5.56 Å². The lowest BCUT2D eigenvalue weighted by molar-refractivity contribution is 0.543. The lowest BCUT2D eigenvalue weighted by atomic mass is 10.1. The molecule has 1 aliphatic rings. The van der Waals surface area contributed by atoms with E-state index in [1.807, 2.05) is 0 Å². The number of aromatic nitrogens is 1. The van der Waals surface area contributed by atoms with E-state index < -0.39 is 26.9 Å². The van der Waals surface area contributed by atoms with Gasteiger partial charge in [-0.25, -0.2) is 17.8 Å². The van der Waals surface area contributed by atoms with Crippen molar-refractivity contribution in [3.05, 3.63) is 28.2 Å². The number of rotatable bonds is 1. The van der Waals surface area contributed by atoms with Crippen molar-refractivity contribution >= 4 is 31.6 Å². The molecule has 2 N–H and O–H groups in total. The highest BCUT2D eigenvalue weighted by atomic mass is 79.9. The first-order valence-electron chi connectivity index (χ1n) is 5.19. The zero-order valence-electron chi connectivity index (χ0n) is 9.44. The van der Waals surface area contributed by atoms with Crippen molar-refractivity contribution in [2.24, 2.45) is 0 Å². The van der Waals surface area contributed by atoms with Crippen LogP contribution in [-0.2, 0) is 9.84 Å². The smallest absolute Gasteiger partial charge is 0.162 e. The molecule has 98 valence electrons. The van der Waals surface area contributed by atoms with Gasteiger partial charge in [0.05, 0.1) is 18.0 Å². The number of amidine groups is 1. The first-order valence-corrected chi connectivity index (χ1v) is 7.69. The highest BCUT2D eigenvalue weighted by Gasteiger charge is 2.36. The Morgan fingerprint density at radius 3 is 2.89 bits per heavy atom. The second-order valence-corrected chi connectivity index (χ2v) is 7.29. The molecule has 1 saturated heterocycles. The minimum absolute atomic E-state index is 0.112. The van der Waals surface area contributed by atoms with Crippen LogP contribution in [0.25, 0.3) is 0 Å². The number of halogens is 2. The maximum atomic E-state index is 13.6. The molecular formula is C10H11BrFN3O2S. The number of sulfone groups is 1. The van der Waals surface area contributed by atoms with Crippen LogP contribution < -0.4 is 5.32 Å². The van der Waals surface area contributed by atoms with Gasteiger partial charge in [-0.15, -0.1) is 0 Å². The normalized spacial score (nSPS) is 26.7. The number of nitrogens with zero attached hydrogens (tertiary/aromatic N) is 1. The summed E-state index contributed by atoms with van der Waals surface area (Å²) in [5, 5.41) is 9.46. The Morgan fingerprint density at radius 2 is 2.28 bits per heavy atom. The maximum absolute atomic E-state index is 13.6. The fourth-order valence-corrected chi connectivity index (χ4v) is 3.56. The van der Waals surface area contributed by atoms with Crippen LogP contribution in [0.1, 0.15) is 18.5 Å². The summed E-state index contributed by atoms with van der Waals surface area (Å²) in [7, 11) is -3.43. The molecule has 2 heterocycles. The number of nitrogens with one attached hydrogen (secondary N) is 2. The molecule has 1 fully saturated rings. The summed E-state index contributed by atoms with van der Waals surface area (Å²) in [6.45, 7) is 1.44. The second-order valence-electron chi connectivity index (χ2n) is 4.11. The summed E-state index contributed by atoms with van der Waals surface area (Å²) < 4.78 is 37.7. The molecule has 0 spiro atoms. The van der Waals surface area contributed by atoms with Crippen LogP contribution in [0.5, 0.6) is 0 Å². The van der Waals surface area contributed by atoms with Crippen molar-refractivity contribution in [2.45, 2.75) is 18.2 Å². The molecule has 0 bridgehead atoms. The first kappa shape index (κ1) is 13.4. The maximum Gasteiger partial charge on any atom is 0.162 e. The third-order valence-corrected chi connectivity index (χ3v) is 5.45. The van der Waals surface area contributed by atoms with Gasteiger partial charge in [0.2, 0.25) is 0 Å². The van der Waals surface area contributed by atoms with E-state index in [9.17, 15) is 12.8 Å². The minimum Gasteiger partial charge on any atom is -0.365 e. The van der Waals surface area contributed by atoms with Gasteiger partial charge in [0.1, 0.15) is 21.5 Å². The van der Waals surface area contributed by atoms with Crippen LogP contribution in [0, 0.1) is 11.2 Å². The average Bonchev–Trinajstić information content (AvgIpc) is 2.28. The van der Waals surface area contributed by atoms with E-state index in [0.29, 0.717) is 4.60 Å². The Labute approximate surface area is 112 Å². The minimum atomic E-state index is -3.43. The molecule has 18 heavy (non-hydrogen) atoms. The summed E-state index contributed by atoms with van der Waals surface area (Å²) >= 11 is 3.11. The fraction of sp³-hybridized carbons (Fsp3) is 0.400. The van der Waals surface area contributed by atoms with Crippen molar-refractivity contribution in [3.8, 4) is 0 Å². The van der Waals surface area contributed by atoms with E-state index in [1.165, 1.54) is 13.0 Å². The zero-order valence-corrected chi connectivity index (χ0v) is 11.8. The molecule has 1 aromatic rings. The molecule has 0 radical (unpaired) electrons. The second kappa shape index (κ2) is 4.58. The third kappa shape index (κ3) is 2.39. The van der Waals surface area contributed by atoms with E-state index in [1.54, 1.807) is 0 Å². The van der Waals surface area contributed by atoms with E-state index >= 15 is 0 Å². The molecule has 5 nitrogen and oxygen atoms in total. The monoisotopic (exact) mass is 335 g/mol. The van der Waals surface area contributed by atoms with Gasteiger partial charge >= 0.3 is 0 Å². The Balaban J connectivity index is 2.41. The molecule has 2 rings (SSSR count). The summed E-state index contributed by atoms with van der Waals surface area (Å²) in [5.41, 5.74) is 0.192. The fourth-order valence-electron chi connectivity index (χ4n) is 1.76. The summed E-state index contributed by atoms with van der Waals surface area (Å²) in [5.74, 6) is -0.934. The Kier molecular flexibility index (Phi) is 3.41. The van der Waals surface area contributed by atoms with Gasteiger partial charge in [0.25, 0.3) is 0 Å². The molecule has 0 amide bonds. The Bertz CT molecular complexity index is 605. The standard InChI is InChI=1S/C10H11BrFN3O2S/c1-5-10(13)15-8(4-18(5,16)17)6-2-9(11)14-3-7(6)12/h2-3,5,8H,4H2,1H3,(H2,13,15)/t5-,8?/m0/s1. The van der Waals surface area contributed by atoms with Crippen LogP contribution in [0.4, 0.5) is 4.39 Å². The van der Waals surface area contributed by atoms with Crippen molar-refractivity contribution in [2.75, 3.05) is 5.75 Å². The molecule has 1 unspecified atom stereocenters. The van der Waals surface area contributed by atoms with Crippen LogP contribution in [0.2, 0.25) is 0 Å². The molecule has 1 aromatic heterocycles. The molecule has 8 heteroatoms. The predicted octanol–water partition coefficient (Wildman–Crippen LogP) is 1.41. The molecular weight excluding hydrogens is 325 g/mol. The van der Waals surface area contributed by atoms with Crippen molar-refractivity contribution < 1.29 is 12.8 Å². The van der Waals surface area contributed by atoms with Gasteiger partial charge in [-0.1, -0.05) is 0 Å². The van der Waals surface area contributed by atoms with Crippen molar-refractivity contribution in [1.82, 2.24) is 10.3 Å². The van der Waals surface area contributed by atoms with Gasteiger partial charge < -0.3 is 5.32 Å². The summed E-state index contributed by atoms with van der Waals surface area (Å²) in [6, 6.07) is 0.671. The van der Waals surface area contributed by atoms with Crippen molar-refractivity contribution in [3.63, 3.8) is 0 Å². The largest absolute Gasteiger partial charge is 0.365 e. The lowest BCUT2D eigenvalue weighted by Gasteiger charge is -2.29. The molecule has 0 aliphatic carbocycles. The Morgan fingerprint density at radius 1 is 1.61 bits per heavy atom. The summed E-state index contributed by atoms with van der Waals surface area (Å²) in [6.07, 6.45) is 1.02. The summed E-state index contributed by atoms with van der Waals surface area (Å²) in [4.78, 5) is 3.72. The SMILES string of the molecule is C[C@H]1C(=N)NC(c2cc(Br)ncc2F)CS1(=O)=O. The number of hydrogen-bond acceptors (Lipinski definition) is 4. The predicted molar refractivity (Wildman–Crippen MR) is 68.7 cm³/mol. The average molecular weight is 336 g/mol. The van der Waals surface area contributed by atoms with E-state index in [2.05, 4.69) is 26.2 Å². The van der Waals surface area contributed by atoms with Crippen LogP contribution >= 0.6 is 15.9 Å². The highest BCUT2D eigenvalue weighted by Crippen LogP contribution is 2.26. The van der Waals surface area contributed by atoms with Gasteiger partial charge in [-0.2, -0.15) is 0 Å². The molecule has 0 saturated carbocycles. The van der Waals surface area contributed by atoms with Gasteiger partial charge in [-0.3, -0.25) is 5.41 Å². The van der Waals surface area contributed by atoms with E-state index in [0.717, 1.165) is 6.20 Å². The van der Waals surface area contributed by atoms with Gasteiger partial charge in [-0.05, 0) is 28.9 Å². The van der Waals surface area contributed by atoms with Crippen molar-refractivity contribution in [1.29, 1.82) is 5.41 Å². The topological polar surface area (TPSA) is 82.9 Å². The molecule has 2 atom stereocenters. The number of pyridine rings is 1. The highest BCUT2D eigenvalue weighted by molar-refractivity contribution is 9.10. The van der Waals surface area contributed by atoms with E-state index in [4.69, 9.17) is 5.41 Å². The van der Waals surface area contributed by atoms with Gasteiger partial charge in [0.15, 0.2) is 9.84 Å². The Hall–Kier alpha value is -1.02. The molecule has 1 aliphatic heterocycles. The molecule has 0 aromatic carbocycles. The first-order chi connectivity index (χ1) is 8.31. The lowest BCUT2D eigenvalue weighted by Crippen LogP contribution is -2.49. The van der Waals surface area contributed by atoms with E-state index in [-0.39, 0.29) is 17.2 Å². The third-order valence-electron chi connectivity index (χ3n) is 2.90.